The van der Waals surface area contributed by atoms with Crippen molar-refractivity contribution in [3.05, 3.63) is 40.7 Å². The minimum Gasteiger partial charge on any atom is -1.00 e. The molecule has 0 saturated carbocycles. The van der Waals surface area contributed by atoms with Crippen molar-refractivity contribution in [1.29, 1.82) is 0 Å². The van der Waals surface area contributed by atoms with Crippen LogP contribution in [0.5, 0.6) is 5.75 Å². The summed E-state index contributed by atoms with van der Waals surface area (Å²) in [5.41, 5.74) is 12.4. The summed E-state index contributed by atoms with van der Waals surface area (Å²) >= 11 is 5.80. The number of aryl methyl sites for hydroxylation is 1. The Morgan fingerprint density at radius 1 is 1.14 bits per heavy atom. The number of nitrogens with one attached hydrogen (secondary N) is 1. The van der Waals surface area contributed by atoms with Crippen LogP contribution >= 0.6 is 11.6 Å². The van der Waals surface area contributed by atoms with Crippen molar-refractivity contribution in [3.8, 4) is 5.75 Å². The Morgan fingerprint density at radius 2 is 1.79 bits per heavy atom. The zero-order chi connectivity index (χ0) is 20.0. The smallest absolute Gasteiger partial charge is 0.273 e. The van der Waals surface area contributed by atoms with Gasteiger partial charge in [-0.15, -0.1) is 0 Å². The summed E-state index contributed by atoms with van der Waals surface area (Å²) in [7, 11) is 4.22. The first-order valence-corrected chi connectivity index (χ1v) is 9.02. The SMILES string of the molecule is C[N+](C)(CCCc1ccc(O)cc1)CCNC(=O)c1nc(Cl)c(N)nc1N.[Br-]. The van der Waals surface area contributed by atoms with Gasteiger partial charge in [-0.2, -0.15) is 0 Å². The number of nitrogens with zero attached hydrogens (tertiary/aromatic N) is 3. The number of carbonyl (C=O) groups is 1. The molecule has 2 rings (SSSR count). The molecule has 6 N–H and O–H groups in total. The van der Waals surface area contributed by atoms with Crippen molar-refractivity contribution in [1.82, 2.24) is 15.3 Å². The maximum Gasteiger partial charge on any atom is 0.273 e. The molecular weight excluding hydrogens is 448 g/mol. The van der Waals surface area contributed by atoms with E-state index in [4.69, 9.17) is 23.1 Å². The Balaban J connectivity index is 0.00000392. The second-order valence-corrected chi connectivity index (χ2v) is 7.40. The highest BCUT2D eigenvalue weighted by atomic mass is 79.9. The number of rotatable bonds is 8. The van der Waals surface area contributed by atoms with Gasteiger partial charge in [0.1, 0.15) is 5.75 Å². The Kier molecular flexibility index (Phi) is 8.93. The van der Waals surface area contributed by atoms with E-state index >= 15 is 0 Å². The van der Waals surface area contributed by atoms with Crippen LogP contribution in [0.4, 0.5) is 11.6 Å². The van der Waals surface area contributed by atoms with Gasteiger partial charge in [-0.3, -0.25) is 4.79 Å². The van der Waals surface area contributed by atoms with Gasteiger partial charge >= 0.3 is 0 Å². The topological polar surface area (TPSA) is 127 Å². The molecule has 1 aromatic carbocycles. The molecule has 10 heteroatoms. The molecule has 0 aliphatic carbocycles. The summed E-state index contributed by atoms with van der Waals surface area (Å²) < 4.78 is 0.752. The summed E-state index contributed by atoms with van der Waals surface area (Å²) in [6, 6.07) is 7.25. The minimum absolute atomic E-state index is 0. The molecule has 154 valence electrons. The molecule has 0 aliphatic heterocycles. The zero-order valence-corrected chi connectivity index (χ0v) is 18.3. The second kappa shape index (κ2) is 10.4. The highest BCUT2D eigenvalue weighted by Gasteiger charge is 2.18. The molecule has 0 spiro atoms. The summed E-state index contributed by atoms with van der Waals surface area (Å²) in [5.74, 6) is -0.196. The number of amides is 1. The maximum absolute atomic E-state index is 12.2. The lowest BCUT2D eigenvalue weighted by Gasteiger charge is -2.30. The number of phenols is 1. The van der Waals surface area contributed by atoms with Crippen LogP contribution in [-0.2, 0) is 6.42 Å². The van der Waals surface area contributed by atoms with Crippen molar-refractivity contribution in [2.45, 2.75) is 12.8 Å². The highest BCUT2D eigenvalue weighted by Crippen LogP contribution is 2.17. The van der Waals surface area contributed by atoms with Gasteiger partial charge in [0.25, 0.3) is 5.91 Å². The number of hydrogen-bond acceptors (Lipinski definition) is 6. The van der Waals surface area contributed by atoms with Crippen LogP contribution in [0.3, 0.4) is 0 Å². The zero-order valence-electron chi connectivity index (χ0n) is 16.0. The lowest BCUT2D eigenvalue weighted by atomic mass is 10.1. The molecule has 1 aromatic heterocycles. The fourth-order valence-electron chi connectivity index (χ4n) is 2.65. The van der Waals surface area contributed by atoms with Gasteiger partial charge in [0.05, 0.1) is 33.7 Å². The van der Waals surface area contributed by atoms with E-state index in [2.05, 4.69) is 29.4 Å². The Labute approximate surface area is 180 Å². The minimum atomic E-state index is -0.425. The number of nitrogens with two attached hydrogens (primary N) is 2. The highest BCUT2D eigenvalue weighted by molar-refractivity contribution is 6.31. The average Bonchev–Trinajstić information content (AvgIpc) is 2.59. The normalized spacial score (nSPS) is 11.0. The first-order valence-electron chi connectivity index (χ1n) is 8.64. The number of likely N-dealkylation sites (N-methyl/N-ethyl adjacent to an activating group) is 1. The molecule has 28 heavy (non-hydrogen) atoms. The number of quaternary nitrogens is 1. The average molecular weight is 474 g/mol. The van der Waals surface area contributed by atoms with Crippen LogP contribution in [0.1, 0.15) is 22.5 Å². The number of carbonyl (C=O) groups excluding carboxylic acids is 1. The number of aromatic hydroxyl groups is 1. The lowest BCUT2D eigenvalue weighted by molar-refractivity contribution is -0.889. The van der Waals surface area contributed by atoms with Gasteiger partial charge < -0.3 is 43.4 Å². The number of benzene rings is 1. The summed E-state index contributed by atoms with van der Waals surface area (Å²) in [5, 5.41) is 12.1. The fraction of sp³-hybridized carbons (Fsp3) is 0.389. The molecule has 0 saturated heterocycles. The Morgan fingerprint density at radius 3 is 2.43 bits per heavy atom. The number of anilines is 2. The van der Waals surface area contributed by atoms with Crippen LogP contribution in [-0.4, -0.2) is 59.2 Å². The van der Waals surface area contributed by atoms with Crippen LogP contribution in [0.2, 0.25) is 5.15 Å². The first kappa shape index (κ1) is 23.9. The third-order valence-electron chi connectivity index (χ3n) is 4.29. The van der Waals surface area contributed by atoms with Crippen LogP contribution in [0, 0.1) is 0 Å². The van der Waals surface area contributed by atoms with Gasteiger partial charge in [-0.05, 0) is 24.1 Å². The van der Waals surface area contributed by atoms with Gasteiger partial charge in [0, 0.05) is 6.42 Å². The molecule has 0 fully saturated rings. The van der Waals surface area contributed by atoms with Gasteiger partial charge in [0.15, 0.2) is 22.5 Å². The van der Waals surface area contributed by atoms with E-state index in [1.807, 2.05) is 12.1 Å². The van der Waals surface area contributed by atoms with E-state index in [0.29, 0.717) is 6.54 Å². The maximum atomic E-state index is 12.2. The molecule has 1 heterocycles. The van der Waals surface area contributed by atoms with Crippen LogP contribution < -0.4 is 33.8 Å². The van der Waals surface area contributed by atoms with E-state index in [1.54, 1.807) is 12.1 Å². The number of halogens is 2. The third-order valence-corrected chi connectivity index (χ3v) is 4.57. The summed E-state index contributed by atoms with van der Waals surface area (Å²) in [6.07, 6.45) is 1.93. The number of nitrogen functional groups attached to an aromatic ring is 2. The second-order valence-electron chi connectivity index (χ2n) is 7.04. The molecule has 0 aliphatic rings. The monoisotopic (exact) mass is 472 g/mol. The van der Waals surface area contributed by atoms with E-state index in [-0.39, 0.29) is 45.2 Å². The standard InChI is InChI=1S/C18H25ClN6O2.BrH/c1-25(2,10-3-4-12-5-7-13(26)8-6-12)11-9-22-18(27)14-16(20)24-17(21)15(19)23-14;/h5-8H,3-4,9-11H2,1-2H3,(H5-,20,21,22,24,26,27);1H. The van der Waals surface area contributed by atoms with E-state index < -0.39 is 5.91 Å². The summed E-state index contributed by atoms with van der Waals surface area (Å²) in [4.78, 5) is 19.9. The largest absolute Gasteiger partial charge is 1.00 e. The fourth-order valence-corrected chi connectivity index (χ4v) is 2.78. The van der Waals surface area contributed by atoms with Crippen LogP contribution in [0.25, 0.3) is 0 Å². The molecule has 0 bridgehead atoms. The lowest BCUT2D eigenvalue weighted by Crippen LogP contribution is -3.00. The van der Waals surface area contributed by atoms with E-state index in [0.717, 1.165) is 30.4 Å². The molecule has 0 atom stereocenters. The van der Waals surface area contributed by atoms with Gasteiger partial charge in [-0.1, -0.05) is 23.7 Å². The molecular formula is C18H26BrClN6O2. The number of aromatic nitrogens is 2. The Bertz CT molecular complexity index is 801. The molecule has 1 amide bonds. The van der Waals surface area contributed by atoms with Gasteiger partial charge in [-0.25, -0.2) is 9.97 Å². The van der Waals surface area contributed by atoms with Crippen molar-refractivity contribution < 1.29 is 31.4 Å². The molecule has 2 aromatic rings. The van der Waals surface area contributed by atoms with Crippen molar-refractivity contribution >= 4 is 29.1 Å². The molecule has 8 nitrogen and oxygen atoms in total. The van der Waals surface area contributed by atoms with Crippen molar-refractivity contribution in [3.63, 3.8) is 0 Å². The number of phenolic OH excluding ortho intramolecular Hbond substituents is 1. The predicted octanol–water partition coefficient (Wildman–Crippen LogP) is -1.56. The predicted molar refractivity (Wildman–Crippen MR) is 106 cm³/mol. The number of hydrogen-bond donors (Lipinski definition) is 4. The van der Waals surface area contributed by atoms with Crippen molar-refractivity contribution in [2.75, 3.05) is 45.2 Å². The Hall–Kier alpha value is -2.10. The third kappa shape index (κ3) is 7.14. The summed E-state index contributed by atoms with van der Waals surface area (Å²) in [6.45, 7) is 2.16. The first-order chi connectivity index (χ1) is 12.7. The van der Waals surface area contributed by atoms with E-state index in [1.165, 1.54) is 5.56 Å². The quantitative estimate of drug-likeness (QED) is 0.344. The molecule has 0 radical (unpaired) electrons. The molecule has 0 unspecified atom stereocenters. The van der Waals surface area contributed by atoms with E-state index in [9.17, 15) is 9.90 Å². The van der Waals surface area contributed by atoms with Crippen molar-refractivity contribution in [2.24, 2.45) is 0 Å². The van der Waals surface area contributed by atoms with Crippen LogP contribution in [0.15, 0.2) is 24.3 Å². The van der Waals surface area contributed by atoms with Gasteiger partial charge in [0.2, 0.25) is 0 Å².